The van der Waals surface area contributed by atoms with E-state index in [2.05, 4.69) is 20.0 Å². The number of aromatic nitrogens is 2. The number of anilines is 1. The van der Waals surface area contributed by atoms with Crippen molar-refractivity contribution in [1.29, 1.82) is 0 Å². The molecular weight excluding hydrogens is 355 g/mol. The minimum atomic E-state index is -4.77. The number of aryl methyl sites for hydroxylation is 1. The summed E-state index contributed by atoms with van der Waals surface area (Å²) in [6, 6.07) is 0. The predicted octanol–water partition coefficient (Wildman–Crippen LogP) is 3.36. The van der Waals surface area contributed by atoms with E-state index in [4.69, 9.17) is 0 Å². The fourth-order valence-corrected chi connectivity index (χ4v) is 3.02. The molecule has 0 radical (unpaired) electrons. The number of nitrogens with zero attached hydrogens (tertiary/aromatic N) is 2. The molecule has 0 aliphatic heterocycles. The molecule has 0 aromatic carbocycles. The summed E-state index contributed by atoms with van der Waals surface area (Å²) >= 11 is 1.25. The Balaban J connectivity index is 2.29. The first-order valence-electron chi connectivity index (χ1n) is 6.21. The molecule has 6 nitrogen and oxygen atoms in total. The molecule has 2 aromatic heterocycles. The highest BCUT2D eigenvalue weighted by molar-refractivity contribution is 7.16. The van der Waals surface area contributed by atoms with Crippen LogP contribution >= 0.6 is 22.7 Å². The highest BCUT2D eigenvalue weighted by Crippen LogP contribution is 2.38. The zero-order valence-electron chi connectivity index (χ0n) is 11.9. The molecule has 2 rings (SSSR count). The lowest BCUT2D eigenvalue weighted by Crippen LogP contribution is -2.13. The van der Waals surface area contributed by atoms with Crippen LogP contribution in [0, 0.1) is 6.92 Å². The molecule has 0 bridgehead atoms. The van der Waals surface area contributed by atoms with Crippen molar-refractivity contribution in [2.24, 2.45) is 0 Å². The van der Waals surface area contributed by atoms with E-state index in [-0.39, 0.29) is 28.0 Å². The third-order valence-corrected chi connectivity index (χ3v) is 4.35. The van der Waals surface area contributed by atoms with Crippen LogP contribution in [0.2, 0.25) is 0 Å². The molecule has 1 N–H and O–H groups in total. The molecule has 11 heteroatoms. The van der Waals surface area contributed by atoms with Gasteiger partial charge in [0.1, 0.15) is 9.75 Å². The highest BCUT2D eigenvalue weighted by Gasteiger charge is 2.40. The summed E-state index contributed by atoms with van der Waals surface area (Å²) in [5.74, 6) is -1.83. The fraction of sp³-hybridized carbons (Fsp3) is 0.333. The molecule has 0 unspecified atom stereocenters. The van der Waals surface area contributed by atoms with Crippen LogP contribution in [0.1, 0.15) is 37.0 Å². The van der Waals surface area contributed by atoms with Crippen molar-refractivity contribution in [3.05, 3.63) is 26.7 Å². The number of carbonyl (C=O) groups excluding carboxylic acids is 2. The van der Waals surface area contributed by atoms with Crippen LogP contribution in [0.5, 0.6) is 0 Å². The lowest BCUT2D eigenvalue weighted by atomic mass is 10.3. The van der Waals surface area contributed by atoms with E-state index in [9.17, 15) is 22.8 Å². The Bertz CT molecular complexity index is 739. The van der Waals surface area contributed by atoms with Gasteiger partial charge in [-0.15, -0.1) is 11.3 Å². The summed E-state index contributed by atoms with van der Waals surface area (Å²) in [5, 5.41) is 2.53. The maximum Gasteiger partial charge on any atom is 0.428 e. The second-order valence-electron chi connectivity index (χ2n) is 4.11. The average molecular weight is 365 g/mol. The zero-order chi connectivity index (χ0) is 17.2. The Morgan fingerprint density at radius 1 is 1.35 bits per heavy atom. The largest absolute Gasteiger partial charge is 0.461 e. The van der Waals surface area contributed by atoms with Crippen LogP contribution in [0.25, 0.3) is 0 Å². The number of esters is 1. The molecule has 0 saturated heterocycles. The highest BCUT2D eigenvalue weighted by atomic mass is 32.1. The van der Waals surface area contributed by atoms with Gasteiger partial charge in [0.15, 0.2) is 10.8 Å². The van der Waals surface area contributed by atoms with Crippen molar-refractivity contribution in [2.45, 2.75) is 20.0 Å². The normalized spacial score (nSPS) is 11.3. The number of alkyl halides is 3. The Hall–Kier alpha value is -2.01. The predicted molar refractivity (Wildman–Crippen MR) is 77.9 cm³/mol. The lowest BCUT2D eigenvalue weighted by Gasteiger charge is -2.04. The number of thiazole rings is 2. The van der Waals surface area contributed by atoms with Crippen LogP contribution in [0.15, 0.2) is 6.20 Å². The molecule has 0 aliphatic rings. The van der Waals surface area contributed by atoms with E-state index < -0.39 is 28.6 Å². The van der Waals surface area contributed by atoms with E-state index in [0.29, 0.717) is 5.01 Å². The van der Waals surface area contributed by atoms with Gasteiger partial charge in [0.25, 0.3) is 5.91 Å². The van der Waals surface area contributed by atoms with Gasteiger partial charge in [-0.05, 0) is 13.8 Å². The van der Waals surface area contributed by atoms with Crippen molar-refractivity contribution >= 4 is 39.7 Å². The summed E-state index contributed by atoms with van der Waals surface area (Å²) in [5.41, 5.74) is -0.861. The SMILES string of the molecule is CCOC(=O)c1nc(NC(=O)c2cnc(C)s2)sc1C(F)(F)F. The number of amides is 1. The fourth-order valence-electron chi connectivity index (χ4n) is 1.53. The Kier molecular flexibility index (Phi) is 5.00. The van der Waals surface area contributed by atoms with E-state index in [1.54, 1.807) is 6.92 Å². The van der Waals surface area contributed by atoms with Crippen LogP contribution in [0.4, 0.5) is 18.3 Å². The molecular formula is C12H10F3N3O3S2. The molecule has 2 heterocycles. The first-order valence-corrected chi connectivity index (χ1v) is 7.84. The summed E-state index contributed by atoms with van der Waals surface area (Å²) < 4.78 is 43.5. The van der Waals surface area contributed by atoms with Gasteiger partial charge in [0, 0.05) is 0 Å². The topological polar surface area (TPSA) is 81.2 Å². The Labute approximate surface area is 136 Å². The zero-order valence-corrected chi connectivity index (χ0v) is 13.5. The van der Waals surface area contributed by atoms with Crippen molar-refractivity contribution in [3.63, 3.8) is 0 Å². The number of hydrogen-bond donors (Lipinski definition) is 1. The first kappa shape index (κ1) is 17.3. The minimum Gasteiger partial charge on any atom is -0.461 e. The van der Waals surface area contributed by atoms with Gasteiger partial charge >= 0.3 is 12.1 Å². The number of rotatable bonds is 4. The van der Waals surface area contributed by atoms with Crippen molar-refractivity contribution in [3.8, 4) is 0 Å². The third kappa shape index (κ3) is 4.05. The van der Waals surface area contributed by atoms with Gasteiger partial charge in [-0.1, -0.05) is 11.3 Å². The summed E-state index contributed by atoms with van der Waals surface area (Å²) in [6.07, 6.45) is -3.47. The Morgan fingerprint density at radius 3 is 2.57 bits per heavy atom. The van der Waals surface area contributed by atoms with Gasteiger partial charge in [-0.25, -0.2) is 14.8 Å². The molecule has 124 valence electrons. The van der Waals surface area contributed by atoms with Crippen LogP contribution < -0.4 is 5.32 Å². The van der Waals surface area contributed by atoms with E-state index in [1.165, 1.54) is 13.1 Å². The molecule has 0 atom stereocenters. The molecule has 0 spiro atoms. The minimum absolute atomic E-state index is 0.0878. The second kappa shape index (κ2) is 6.62. The maximum absolute atomic E-state index is 13.0. The van der Waals surface area contributed by atoms with Gasteiger partial charge in [0.05, 0.1) is 17.8 Å². The van der Waals surface area contributed by atoms with Gasteiger partial charge < -0.3 is 4.74 Å². The maximum atomic E-state index is 13.0. The van der Waals surface area contributed by atoms with Gasteiger partial charge in [-0.2, -0.15) is 13.2 Å². The first-order chi connectivity index (χ1) is 10.7. The second-order valence-corrected chi connectivity index (χ2v) is 6.35. The number of carbonyl (C=O) groups is 2. The number of halogens is 3. The molecule has 0 aliphatic carbocycles. The third-order valence-electron chi connectivity index (χ3n) is 2.42. The van der Waals surface area contributed by atoms with Gasteiger partial charge in [-0.3, -0.25) is 10.1 Å². The van der Waals surface area contributed by atoms with Crippen LogP contribution in [-0.4, -0.2) is 28.5 Å². The van der Waals surface area contributed by atoms with E-state index in [0.717, 1.165) is 11.3 Å². The number of ether oxygens (including phenoxy) is 1. The van der Waals surface area contributed by atoms with Crippen molar-refractivity contribution in [2.75, 3.05) is 11.9 Å². The number of nitrogens with one attached hydrogen (secondary N) is 1. The number of hydrogen-bond acceptors (Lipinski definition) is 7. The van der Waals surface area contributed by atoms with E-state index >= 15 is 0 Å². The molecule has 23 heavy (non-hydrogen) atoms. The van der Waals surface area contributed by atoms with E-state index in [1.807, 2.05) is 0 Å². The summed E-state index contributed by atoms with van der Waals surface area (Å²) in [4.78, 5) is 29.9. The standard InChI is InChI=1S/C12H10F3N3O3S2/c1-3-21-10(20)7-8(12(13,14)15)23-11(17-7)18-9(19)6-4-16-5(2)22-6/h4H,3H2,1-2H3,(H,17,18,19). The van der Waals surface area contributed by atoms with Crippen LogP contribution in [-0.2, 0) is 10.9 Å². The summed E-state index contributed by atoms with van der Waals surface area (Å²) in [6.45, 7) is 3.06. The molecule has 0 saturated carbocycles. The lowest BCUT2D eigenvalue weighted by molar-refractivity contribution is -0.135. The summed E-state index contributed by atoms with van der Waals surface area (Å²) in [7, 11) is 0. The quantitative estimate of drug-likeness (QED) is 0.841. The van der Waals surface area contributed by atoms with Crippen LogP contribution in [0.3, 0.4) is 0 Å². The molecule has 2 aromatic rings. The monoisotopic (exact) mass is 365 g/mol. The van der Waals surface area contributed by atoms with Crippen molar-refractivity contribution < 1.29 is 27.5 Å². The average Bonchev–Trinajstić information content (AvgIpc) is 3.05. The Morgan fingerprint density at radius 2 is 2.04 bits per heavy atom. The van der Waals surface area contributed by atoms with Gasteiger partial charge in [0.2, 0.25) is 0 Å². The van der Waals surface area contributed by atoms with Crippen molar-refractivity contribution in [1.82, 2.24) is 9.97 Å². The molecule has 1 amide bonds. The smallest absolute Gasteiger partial charge is 0.428 e. The molecule has 0 fully saturated rings.